The number of benzene rings is 1. The van der Waals surface area contributed by atoms with E-state index in [1.165, 1.54) is 4.90 Å². The van der Waals surface area contributed by atoms with Gasteiger partial charge < -0.3 is 10.2 Å². The third kappa shape index (κ3) is 3.93. The highest BCUT2D eigenvalue weighted by atomic mass is 16.2. The van der Waals surface area contributed by atoms with Crippen LogP contribution in [0.4, 0.5) is 5.69 Å². The third-order valence-corrected chi connectivity index (χ3v) is 4.54. The van der Waals surface area contributed by atoms with E-state index in [2.05, 4.69) is 10.6 Å². The summed E-state index contributed by atoms with van der Waals surface area (Å²) in [6, 6.07) is 5.95. The van der Waals surface area contributed by atoms with Gasteiger partial charge in [-0.25, -0.2) is 0 Å². The molecule has 28 heavy (non-hydrogen) atoms. The molecule has 1 fully saturated rings. The third-order valence-electron chi connectivity index (χ3n) is 4.54. The summed E-state index contributed by atoms with van der Waals surface area (Å²) >= 11 is 0. The Morgan fingerprint density at radius 1 is 1.25 bits per heavy atom. The minimum Gasteiger partial charge on any atom is -0.351 e. The average Bonchev–Trinajstić information content (AvgIpc) is 2.89. The van der Waals surface area contributed by atoms with E-state index >= 15 is 0 Å². The zero-order valence-corrected chi connectivity index (χ0v) is 15.5. The van der Waals surface area contributed by atoms with Gasteiger partial charge in [-0.05, 0) is 24.1 Å². The lowest BCUT2D eigenvalue weighted by atomic mass is 10.0. The maximum Gasteiger partial charge on any atom is 0.278 e. The average molecular weight is 384 g/mol. The highest BCUT2D eigenvalue weighted by Crippen LogP contribution is 2.23. The Hall–Kier alpha value is -3.49. The van der Waals surface area contributed by atoms with Crippen molar-refractivity contribution in [2.45, 2.75) is 25.3 Å². The van der Waals surface area contributed by atoms with Gasteiger partial charge >= 0.3 is 0 Å². The highest BCUT2D eigenvalue weighted by Gasteiger charge is 2.42. The van der Waals surface area contributed by atoms with Gasteiger partial charge in [-0.1, -0.05) is 12.1 Å². The van der Waals surface area contributed by atoms with Gasteiger partial charge in [-0.15, -0.1) is 0 Å². The molecule has 0 bridgehead atoms. The zero-order chi connectivity index (χ0) is 20.4. The van der Waals surface area contributed by atoms with Crippen LogP contribution in [0.15, 0.2) is 36.0 Å². The lowest BCUT2D eigenvalue weighted by Gasteiger charge is -2.28. The van der Waals surface area contributed by atoms with Crippen molar-refractivity contribution < 1.29 is 24.0 Å². The van der Waals surface area contributed by atoms with Gasteiger partial charge in [-0.2, -0.15) is 0 Å². The summed E-state index contributed by atoms with van der Waals surface area (Å²) in [5, 5.41) is 5.03. The lowest BCUT2D eigenvalue weighted by molar-refractivity contribution is -0.149. The number of piperidine rings is 1. The summed E-state index contributed by atoms with van der Waals surface area (Å²) in [5.74, 6) is -2.38. The Kier molecular flexibility index (Phi) is 5.25. The molecule has 2 heterocycles. The van der Waals surface area contributed by atoms with Crippen molar-refractivity contribution in [1.82, 2.24) is 15.1 Å². The first-order chi connectivity index (χ1) is 13.3. The van der Waals surface area contributed by atoms with Crippen LogP contribution in [0.5, 0.6) is 0 Å². The molecule has 0 saturated carbocycles. The number of imide groups is 2. The zero-order valence-electron chi connectivity index (χ0n) is 15.5. The van der Waals surface area contributed by atoms with Crippen molar-refractivity contribution in [2.75, 3.05) is 19.4 Å². The molecule has 146 valence electrons. The highest BCUT2D eigenvalue weighted by molar-refractivity contribution is 6.20. The first-order valence-electron chi connectivity index (χ1n) is 8.75. The minimum absolute atomic E-state index is 0.0331. The van der Waals surface area contributed by atoms with Crippen LogP contribution < -0.4 is 10.6 Å². The van der Waals surface area contributed by atoms with E-state index < -0.39 is 29.7 Å². The van der Waals surface area contributed by atoms with E-state index in [0.717, 1.165) is 16.5 Å². The summed E-state index contributed by atoms with van der Waals surface area (Å²) in [6.07, 6.45) is 1.50. The number of likely N-dealkylation sites (N-methyl/N-ethyl adjacent to an activating group) is 1. The Labute approximate surface area is 161 Å². The number of nitrogens with zero attached hydrogens (tertiary/aromatic N) is 2. The lowest BCUT2D eigenvalue weighted by Crippen LogP contribution is -2.54. The maximum atomic E-state index is 12.6. The SMILES string of the molecule is CN(C)C(=O)Cc1cccc(NC2=CC(=O)N(C3CCC(=O)NC3=O)C2=O)c1. The summed E-state index contributed by atoms with van der Waals surface area (Å²) in [7, 11) is 3.34. The molecule has 1 atom stereocenters. The van der Waals surface area contributed by atoms with E-state index in [-0.39, 0.29) is 30.9 Å². The van der Waals surface area contributed by atoms with E-state index in [9.17, 15) is 24.0 Å². The van der Waals surface area contributed by atoms with Gasteiger partial charge in [0.15, 0.2) is 0 Å². The molecule has 2 aliphatic heterocycles. The van der Waals surface area contributed by atoms with Gasteiger partial charge in [0.25, 0.3) is 11.8 Å². The molecule has 3 rings (SSSR count). The van der Waals surface area contributed by atoms with E-state index in [1.54, 1.807) is 38.4 Å². The molecule has 0 aromatic heterocycles. The molecule has 1 saturated heterocycles. The second-order valence-electron chi connectivity index (χ2n) is 6.83. The second-order valence-corrected chi connectivity index (χ2v) is 6.83. The molecule has 2 aliphatic rings. The number of carbonyl (C=O) groups excluding carboxylic acids is 5. The van der Waals surface area contributed by atoms with Gasteiger partial charge in [0.05, 0.1) is 6.42 Å². The normalized spacial score (nSPS) is 19.4. The molecule has 0 spiro atoms. The number of amides is 5. The first kappa shape index (κ1) is 19.3. The monoisotopic (exact) mass is 384 g/mol. The molecular weight excluding hydrogens is 364 g/mol. The molecule has 1 unspecified atom stereocenters. The van der Waals surface area contributed by atoms with Crippen LogP contribution in [0.3, 0.4) is 0 Å². The largest absolute Gasteiger partial charge is 0.351 e. The number of carbonyl (C=O) groups is 5. The summed E-state index contributed by atoms with van der Waals surface area (Å²) in [4.78, 5) is 62.4. The number of anilines is 1. The number of hydrogen-bond acceptors (Lipinski definition) is 6. The molecule has 2 N–H and O–H groups in total. The van der Waals surface area contributed by atoms with Crippen LogP contribution in [0.25, 0.3) is 0 Å². The number of rotatable bonds is 5. The van der Waals surface area contributed by atoms with Crippen molar-refractivity contribution in [2.24, 2.45) is 0 Å². The van der Waals surface area contributed by atoms with Crippen molar-refractivity contribution >= 4 is 35.2 Å². The smallest absolute Gasteiger partial charge is 0.278 e. The van der Waals surface area contributed by atoms with E-state index in [0.29, 0.717) is 5.69 Å². The fourth-order valence-corrected chi connectivity index (χ4v) is 3.05. The fourth-order valence-electron chi connectivity index (χ4n) is 3.05. The molecule has 0 radical (unpaired) electrons. The minimum atomic E-state index is -1.00. The van der Waals surface area contributed by atoms with Crippen molar-refractivity contribution in [3.05, 3.63) is 41.6 Å². The first-order valence-corrected chi connectivity index (χ1v) is 8.75. The molecular formula is C19H20N4O5. The summed E-state index contributed by atoms with van der Waals surface area (Å²) < 4.78 is 0. The molecule has 9 nitrogen and oxygen atoms in total. The van der Waals surface area contributed by atoms with Crippen LogP contribution in [-0.2, 0) is 30.4 Å². The summed E-state index contributed by atoms with van der Waals surface area (Å²) in [5.41, 5.74) is 1.33. The van der Waals surface area contributed by atoms with Crippen LogP contribution in [-0.4, -0.2) is 59.5 Å². The molecule has 9 heteroatoms. The number of hydrogen-bond donors (Lipinski definition) is 2. The Balaban J connectivity index is 1.72. The Morgan fingerprint density at radius 3 is 2.68 bits per heavy atom. The number of nitrogens with one attached hydrogen (secondary N) is 2. The predicted octanol–water partition coefficient (Wildman–Crippen LogP) is -0.213. The van der Waals surface area contributed by atoms with Crippen LogP contribution >= 0.6 is 0 Å². The van der Waals surface area contributed by atoms with Gasteiger partial charge in [0.1, 0.15) is 11.7 Å². The van der Waals surface area contributed by atoms with Crippen molar-refractivity contribution in [3.63, 3.8) is 0 Å². The quantitative estimate of drug-likeness (QED) is 0.679. The van der Waals surface area contributed by atoms with Crippen LogP contribution in [0.1, 0.15) is 18.4 Å². The molecule has 1 aromatic carbocycles. The second kappa shape index (κ2) is 7.63. The topological polar surface area (TPSA) is 116 Å². The predicted molar refractivity (Wildman–Crippen MR) is 98.6 cm³/mol. The Bertz CT molecular complexity index is 905. The summed E-state index contributed by atoms with van der Waals surface area (Å²) in [6.45, 7) is 0. The van der Waals surface area contributed by atoms with Crippen LogP contribution in [0, 0.1) is 0 Å². The Morgan fingerprint density at radius 2 is 2.00 bits per heavy atom. The van der Waals surface area contributed by atoms with Gasteiger partial charge in [-0.3, -0.25) is 34.2 Å². The molecule has 0 aliphatic carbocycles. The molecule has 5 amide bonds. The standard InChI is InChI=1S/C19H20N4O5/c1-22(2)16(25)9-11-4-3-5-12(8-11)20-13-10-17(26)23(19(13)28)14-6-7-15(24)21-18(14)27/h3-5,8,10,14,20H,6-7,9H2,1-2H3,(H,21,24,27). The van der Waals surface area contributed by atoms with E-state index in [4.69, 9.17) is 0 Å². The van der Waals surface area contributed by atoms with Crippen molar-refractivity contribution in [3.8, 4) is 0 Å². The maximum absolute atomic E-state index is 12.6. The molecule has 1 aromatic rings. The van der Waals surface area contributed by atoms with Crippen molar-refractivity contribution in [1.29, 1.82) is 0 Å². The van der Waals surface area contributed by atoms with Crippen LogP contribution in [0.2, 0.25) is 0 Å². The van der Waals surface area contributed by atoms with Gasteiger partial charge in [0.2, 0.25) is 17.7 Å². The van der Waals surface area contributed by atoms with Gasteiger partial charge in [0, 0.05) is 32.3 Å². The fraction of sp³-hybridized carbons (Fsp3) is 0.316. The van der Waals surface area contributed by atoms with E-state index in [1.807, 2.05) is 0 Å².